The third kappa shape index (κ3) is 3.21. The SMILES string of the molecule is CCCCCCC1(N)CCCCC1(C)C. The molecule has 1 atom stereocenters. The Balaban J connectivity index is 2.41. The molecule has 0 aliphatic heterocycles. The molecule has 1 nitrogen and oxygen atoms in total. The topological polar surface area (TPSA) is 26.0 Å². The first-order valence-electron chi connectivity index (χ1n) is 6.81. The third-order valence-corrected chi connectivity index (χ3v) is 4.50. The lowest BCUT2D eigenvalue weighted by atomic mass is 9.62. The summed E-state index contributed by atoms with van der Waals surface area (Å²) in [5, 5.41) is 0. The smallest absolute Gasteiger partial charge is 0.0206 e. The van der Waals surface area contributed by atoms with Gasteiger partial charge in [0.2, 0.25) is 0 Å². The van der Waals surface area contributed by atoms with Crippen molar-refractivity contribution in [3.05, 3.63) is 0 Å². The van der Waals surface area contributed by atoms with E-state index in [1.807, 2.05) is 0 Å². The van der Waals surface area contributed by atoms with Gasteiger partial charge in [-0.2, -0.15) is 0 Å². The van der Waals surface area contributed by atoms with E-state index < -0.39 is 0 Å². The zero-order valence-electron chi connectivity index (χ0n) is 10.9. The fourth-order valence-electron chi connectivity index (χ4n) is 2.93. The molecule has 90 valence electrons. The van der Waals surface area contributed by atoms with Crippen LogP contribution < -0.4 is 5.73 Å². The van der Waals surface area contributed by atoms with E-state index in [0.717, 1.165) is 0 Å². The van der Waals surface area contributed by atoms with Crippen LogP contribution in [0, 0.1) is 5.41 Å². The van der Waals surface area contributed by atoms with Crippen molar-refractivity contribution in [1.29, 1.82) is 0 Å². The lowest BCUT2D eigenvalue weighted by Crippen LogP contribution is -2.54. The summed E-state index contributed by atoms with van der Waals surface area (Å²) in [6.07, 6.45) is 11.9. The molecule has 0 spiro atoms. The van der Waals surface area contributed by atoms with Crippen LogP contribution in [-0.4, -0.2) is 5.54 Å². The van der Waals surface area contributed by atoms with E-state index in [9.17, 15) is 0 Å². The first-order valence-corrected chi connectivity index (χ1v) is 6.81. The highest BCUT2D eigenvalue weighted by Crippen LogP contribution is 2.44. The predicted octanol–water partition coefficient (Wildman–Crippen LogP) is 4.25. The molecule has 1 aliphatic rings. The molecule has 1 aliphatic carbocycles. The highest BCUT2D eigenvalue weighted by atomic mass is 14.8. The quantitative estimate of drug-likeness (QED) is 0.676. The molecule has 0 saturated heterocycles. The molecule has 0 aromatic rings. The Bertz CT molecular complexity index is 186. The molecule has 0 heterocycles. The van der Waals surface area contributed by atoms with Crippen molar-refractivity contribution in [2.24, 2.45) is 11.1 Å². The van der Waals surface area contributed by atoms with Gasteiger partial charge in [-0.3, -0.25) is 0 Å². The fraction of sp³-hybridized carbons (Fsp3) is 1.00. The molecular formula is C14H29N. The van der Waals surface area contributed by atoms with Crippen molar-refractivity contribution in [3.8, 4) is 0 Å². The van der Waals surface area contributed by atoms with Crippen LogP contribution in [0.25, 0.3) is 0 Å². The van der Waals surface area contributed by atoms with Gasteiger partial charge in [-0.1, -0.05) is 59.3 Å². The molecule has 15 heavy (non-hydrogen) atoms. The summed E-state index contributed by atoms with van der Waals surface area (Å²) >= 11 is 0. The number of rotatable bonds is 5. The van der Waals surface area contributed by atoms with Gasteiger partial charge in [-0.05, 0) is 24.7 Å². The van der Waals surface area contributed by atoms with Crippen LogP contribution in [0.4, 0.5) is 0 Å². The monoisotopic (exact) mass is 211 g/mol. The van der Waals surface area contributed by atoms with Gasteiger partial charge in [0.15, 0.2) is 0 Å². The maximum absolute atomic E-state index is 6.62. The molecular weight excluding hydrogens is 182 g/mol. The van der Waals surface area contributed by atoms with E-state index in [4.69, 9.17) is 5.73 Å². The molecule has 0 aromatic carbocycles. The summed E-state index contributed by atoms with van der Waals surface area (Å²) in [5.41, 5.74) is 7.10. The zero-order chi connectivity index (χ0) is 11.4. The van der Waals surface area contributed by atoms with Gasteiger partial charge in [0, 0.05) is 5.54 Å². The highest BCUT2D eigenvalue weighted by molar-refractivity contribution is 4.99. The molecule has 1 saturated carbocycles. The first-order chi connectivity index (χ1) is 7.02. The van der Waals surface area contributed by atoms with Crippen LogP contribution in [0.15, 0.2) is 0 Å². The molecule has 1 heteroatoms. The van der Waals surface area contributed by atoms with Gasteiger partial charge in [0.05, 0.1) is 0 Å². The van der Waals surface area contributed by atoms with Gasteiger partial charge >= 0.3 is 0 Å². The second-order valence-electron chi connectivity index (χ2n) is 6.06. The Morgan fingerprint density at radius 1 is 1.00 bits per heavy atom. The van der Waals surface area contributed by atoms with Crippen LogP contribution >= 0.6 is 0 Å². The van der Waals surface area contributed by atoms with Crippen molar-refractivity contribution in [2.75, 3.05) is 0 Å². The molecule has 0 aromatic heterocycles. The van der Waals surface area contributed by atoms with Crippen LogP contribution in [0.5, 0.6) is 0 Å². The van der Waals surface area contributed by atoms with Crippen molar-refractivity contribution in [1.82, 2.24) is 0 Å². The minimum absolute atomic E-state index is 0.124. The maximum atomic E-state index is 6.62. The highest BCUT2D eigenvalue weighted by Gasteiger charge is 2.42. The largest absolute Gasteiger partial charge is 0.325 e. The van der Waals surface area contributed by atoms with E-state index in [2.05, 4.69) is 20.8 Å². The third-order valence-electron chi connectivity index (χ3n) is 4.50. The number of hydrogen-bond acceptors (Lipinski definition) is 1. The number of unbranched alkanes of at least 4 members (excludes halogenated alkanes) is 3. The average molecular weight is 211 g/mol. The van der Waals surface area contributed by atoms with Gasteiger partial charge in [-0.25, -0.2) is 0 Å². The minimum atomic E-state index is 0.124. The van der Waals surface area contributed by atoms with Crippen LogP contribution in [0.1, 0.15) is 78.6 Å². The zero-order valence-corrected chi connectivity index (χ0v) is 10.9. The van der Waals surface area contributed by atoms with Crippen LogP contribution in [0.2, 0.25) is 0 Å². The fourth-order valence-corrected chi connectivity index (χ4v) is 2.93. The summed E-state index contributed by atoms with van der Waals surface area (Å²) in [6, 6.07) is 0. The Hall–Kier alpha value is -0.0400. The Morgan fingerprint density at radius 3 is 2.27 bits per heavy atom. The second-order valence-corrected chi connectivity index (χ2v) is 6.06. The van der Waals surface area contributed by atoms with Crippen molar-refractivity contribution in [2.45, 2.75) is 84.1 Å². The first kappa shape index (κ1) is 13.0. The Labute approximate surface area is 95.8 Å². The van der Waals surface area contributed by atoms with E-state index in [1.54, 1.807) is 0 Å². The van der Waals surface area contributed by atoms with Gasteiger partial charge in [0.25, 0.3) is 0 Å². The molecule has 0 amide bonds. The van der Waals surface area contributed by atoms with Crippen LogP contribution in [0.3, 0.4) is 0 Å². The molecule has 1 unspecified atom stereocenters. The number of nitrogens with two attached hydrogens (primary N) is 1. The van der Waals surface area contributed by atoms with Crippen molar-refractivity contribution < 1.29 is 0 Å². The molecule has 0 bridgehead atoms. The van der Waals surface area contributed by atoms with Crippen molar-refractivity contribution in [3.63, 3.8) is 0 Å². The second kappa shape index (κ2) is 5.34. The van der Waals surface area contributed by atoms with Crippen molar-refractivity contribution >= 4 is 0 Å². The Kier molecular flexibility index (Phi) is 4.64. The van der Waals surface area contributed by atoms with Gasteiger partial charge in [-0.15, -0.1) is 0 Å². The van der Waals surface area contributed by atoms with Crippen LogP contribution in [-0.2, 0) is 0 Å². The van der Waals surface area contributed by atoms with E-state index >= 15 is 0 Å². The molecule has 1 fully saturated rings. The summed E-state index contributed by atoms with van der Waals surface area (Å²) in [4.78, 5) is 0. The maximum Gasteiger partial charge on any atom is 0.0206 e. The standard InChI is InChI=1S/C14H29N/c1-4-5-6-7-11-14(15)12-9-8-10-13(14,2)3/h4-12,15H2,1-3H3. The summed E-state index contributed by atoms with van der Waals surface area (Å²) in [6.45, 7) is 7.00. The Morgan fingerprint density at radius 2 is 1.67 bits per heavy atom. The van der Waals surface area contributed by atoms with Gasteiger partial charge < -0.3 is 5.73 Å². The summed E-state index contributed by atoms with van der Waals surface area (Å²) in [7, 11) is 0. The summed E-state index contributed by atoms with van der Waals surface area (Å²) in [5.74, 6) is 0. The molecule has 1 rings (SSSR count). The average Bonchev–Trinajstić information content (AvgIpc) is 2.18. The van der Waals surface area contributed by atoms with E-state index in [1.165, 1.54) is 57.8 Å². The molecule has 0 radical (unpaired) electrons. The lowest BCUT2D eigenvalue weighted by Gasteiger charge is -2.48. The minimum Gasteiger partial charge on any atom is -0.325 e. The van der Waals surface area contributed by atoms with E-state index in [0.29, 0.717) is 5.41 Å². The van der Waals surface area contributed by atoms with Gasteiger partial charge in [0.1, 0.15) is 0 Å². The molecule has 2 N–H and O–H groups in total. The lowest BCUT2D eigenvalue weighted by molar-refractivity contribution is 0.0880. The normalized spacial score (nSPS) is 30.4. The predicted molar refractivity (Wildman–Crippen MR) is 67.9 cm³/mol. The summed E-state index contributed by atoms with van der Waals surface area (Å²) < 4.78 is 0. The number of hydrogen-bond donors (Lipinski definition) is 1. The van der Waals surface area contributed by atoms with E-state index in [-0.39, 0.29) is 5.54 Å².